The molecule has 1 amide bonds. The van der Waals surface area contributed by atoms with Crippen molar-refractivity contribution >= 4 is 11.6 Å². The maximum absolute atomic E-state index is 12.4. The van der Waals surface area contributed by atoms with Gasteiger partial charge in [-0.2, -0.15) is 0 Å². The normalized spacial score (nSPS) is 16.1. The Morgan fingerprint density at radius 3 is 2.50 bits per heavy atom. The lowest BCUT2D eigenvalue weighted by Gasteiger charge is -2.31. The molecule has 0 bridgehead atoms. The molecule has 1 saturated heterocycles. The quantitative estimate of drug-likeness (QED) is 0.867. The van der Waals surface area contributed by atoms with Crippen LogP contribution in [-0.2, 0) is 0 Å². The highest BCUT2D eigenvalue weighted by Gasteiger charge is 2.20. The summed E-state index contributed by atoms with van der Waals surface area (Å²) in [5.74, 6) is 0.00647. The summed E-state index contributed by atoms with van der Waals surface area (Å²) in [5, 5.41) is 6.39. The molecular formula is C16H25N3O. The van der Waals surface area contributed by atoms with E-state index in [0.717, 1.165) is 37.3 Å². The van der Waals surface area contributed by atoms with Crippen molar-refractivity contribution in [1.82, 2.24) is 10.6 Å². The Bertz CT molecular complexity index is 485. The van der Waals surface area contributed by atoms with Crippen LogP contribution in [0.2, 0.25) is 0 Å². The summed E-state index contributed by atoms with van der Waals surface area (Å²) in [7, 11) is 0. The van der Waals surface area contributed by atoms with E-state index in [9.17, 15) is 4.79 Å². The number of carbonyl (C=O) groups excluding carboxylic acids is 1. The molecule has 1 heterocycles. The van der Waals surface area contributed by atoms with Crippen LogP contribution in [0.15, 0.2) is 18.2 Å². The van der Waals surface area contributed by atoms with Gasteiger partial charge in [-0.15, -0.1) is 0 Å². The van der Waals surface area contributed by atoms with Crippen molar-refractivity contribution in [3.05, 3.63) is 29.3 Å². The number of hydrogen-bond donors (Lipinski definition) is 2. The predicted octanol–water partition coefficient (Wildman–Crippen LogP) is 1.93. The van der Waals surface area contributed by atoms with E-state index in [1.54, 1.807) is 0 Å². The molecule has 0 radical (unpaired) electrons. The summed E-state index contributed by atoms with van der Waals surface area (Å²) >= 11 is 0. The van der Waals surface area contributed by atoms with Crippen LogP contribution in [0.1, 0.15) is 36.7 Å². The van der Waals surface area contributed by atoms with Gasteiger partial charge in [-0.1, -0.05) is 6.07 Å². The lowest BCUT2D eigenvalue weighted by molar-refractivity contribution is 0.0919. The van der Waals surface area contributed by atoms with Crippen molar-refractivity contribution < 1.29 is 4.79 Å². The zero-order valence-corrected chi connectivity index (χ0v) is 12.9. The molecule has 1 aromatic rings. The van der Waals surface area contributed by atoms with Crippen molar-refractivity contribution in [3.8, 4) is 0 Å². The van der Waals surface area contributed by atoms with E-state index in [2.05, 4.69) is 21.6 Å². The van der Waals surface area contributed by atoms with E-state index >= 15 is 0 Å². The third-order valence-corrected chi connectivity index (χ3v) is 3.50. The van der Waals surface area contributed by atoms with Crippen molar-refractivity contribution in [1.29, 1.82) is 0 Å². The average Bonchev–Trinajstić information content (AvgIpc) is 2.38. The molecule has 0 aromatic heterocycles. The molecule has 110 valence electrons. The third-order valence-electron chi connectivity index (χ3n) is 3.50. The molecule has 0 unspecified atom stereocenters. The third kappa shape index (κ3) is 3.51. The van der Waals surface area contributed by atoms with E-state index < -0.39 is 0 Å². The summed E-state index contributed by atoms with van der Waals surface area (Å²) in [6.07, 6.45) is 0. The summed E-state index contributed by atoms with van der Waals surface area (Å²) in [5.41, 5.74) is 2.80. The van der Waals surface area contributed by atoms with Gasteiger partial charge in [0.05, 0.1) is 0 Å². The highest BCUT2D eigenvalue weighted by molar-refractivity contribution is 5.97. The molecule has 1 aliphatic heterocycles. The Balaban J connectivity index is 2.24. The fraction of sp³-hybridized carbons (Fsp3) is 0.562. The summed E-state index contributed by atoms with van der Waals surface area (Å²) in [4.78, 5) is 14.7. The van der Waals surface area contributed by atoms with Gasteiger partial charge in [-0.05, 0) is 45.4 Å². The van der Waals surface area contributed by atoms with Crippen LogP contribution in [-0.4, -0.2) is 37.6 Å². The van der Waals surface area contributed by atoms with Crippen LogP contribution in [0.25, 0.3) is 0 Å². The van der Waals surface area contributed by atoms with E-state index in [1.807, 2.05) is 39.8 Å². The van der Waals surface area contributed by atoms with Crippen molar-refractivity contribution in [3.63, 3.8) is 0 Å². The summed E-state index contributed by atoms with van der Waals surface area (Å²) in [6, 6.07) is 5.98. The Morgan fingerprint density at radius 2 is 1.90 bits per heavy atom. The van der Waals surface area contributed by atoms with E-state index in [1.165, 1.54) is 5.69 Å². The van der Waals surface area contributed by atoms with E-state index in [-0.39, 0.29) is 11.4 Å². The number of rotatable bonds is 2. The topological polar surface area (TPSA) is 44.4 Å². The molecule has 2 N–H and O–H groups in total. The number of carbonyl (C=O) groups is 1. The second-order valence-corrected chi connectivity index (χ2v) is 6.39. The van der Waals surface area contributed by atoms with Gasteiger partial charge in [0.1, 0.15) is 0 Å². The number of amides is 1. The maximum atomic E-state index is 12.4. The predicted molar refractivity (Wildman–Crippen MR) is 83.5 cm³/mol. The van der Waals surface area contributed by atoms with Gasteiger partial charge in [0.25, 0.3) is 5.91 Å². The number of anilines is 1. The van der Waals surface area contributed by atoms with E-state index in [4.69, 9.17) is 0 Å². The molecule has 0 spiro atoms. The van der Waals surface area contributed by atoms with Crippen LogP contribution in [0.5, 0.6) is 0 Å². The van der Waals surface area contributed by atoms with Gasteiger partial charge in [0.2, 0.25) is 0 Å². The van der Waals surface area contributed by atoms with Gasteiger partial charge in [-0.3, -0.25) is 4.79 Å². The van der Waals surface area contributed by atoms with Crippen LogP contribution >= 0.6 is 0 Å². The van der Waals surface area contributed by atoms with Gasteiger partial charge >= 0.3 is 0 Å². The lowest BCUT2D eigenvalue weighted by atomic mass is 10.0. The number of piperazine rings is 1. The van der Waals surface area contributed by atoms with Gasteiger partial charge in [0.15, 0.2) is 0 Å². The molecule has 4 heteroatoms. The summed E-state index contributed by atoms with van der Waals surface area (Å²) < 4.78 is 0. The Morgan fingerprint density at radius 1 is 1.25 bits per heavy atom. The van der Waals surface area contributed by atoms with Gasteiger partial charge < -0.3 is 15.5 Å². The zero-order valence-electron chi connectivity index (χ0n) is 12.9. The van der Waals surface area contributed by atoms with E-state index in [0.29, 0.717) is 0 Å². The van der Waals surface area contributed by atoms with Crippen LogP contribution in [0.4, 0.5) is 5.69 Å². The van der Waals surface area contributed by atoms with Crippen LogP contribution in [0.3, 0.4) is 0 Å². The molecular weight excluding hydrogens is 250 g/mol. The SMILES string of the molecule is Cc1c(C(=O)NC(C)(C)C)cccc1N1CCNCC1. The second-order valence-electron chi connectivity index (χ2n) is 6.39. The molecule has 2 rings (SSSR count). The smallest absolute Gasteiger partial charge is 0.252 e. The molecule has 1 fully saturated rings. The Kier molecular flexibility index (Phi) is 4.33. The standard InChI is InChI=1S/C16H25N3O/c1-12-13(15(20)18-16(2,3)4)6-5-7-14(12)19-10-8-17-9-11-19/h5-7,17H,8-11H2,1-4H3,(H,18,20). The highest BCUT2D eigenvalue weighted by atomic mass is 16.1. The molecule has 1 aromatic carbocycles. The van der Waals surface area contributed by atoms with Gasteiger partial charge in [-0.25, -0.2) is 0 Å². The molecule has 20 heavy (non-hydrogen) atoms. The number of hydrogen-bond acceptors (Lipinski definition) is 3. The first-order valence-corrected chi connectivity index (χ1v) is 7.26. The monoisotopic (exact) mass is 275 g/mol. The Hall–Kier alpha value is -1.55. The number of benzene rings is 1. The molecule has 1 aliphatic rings. The first-order valence-electron chi connectivity index (χ1n) is 7.26. The van der Waals surface area contributed by atoms with Crippen LogP contribution < -0.4 is 15.5 Å². The fourth-order valence-electron chi connectivity index (χ4n) is 2.53. The fourth-order valence-corrected chi connectivity index (χ4v) is 2.53. The van der Waals surface area contributed by atoms with Crippen molar-refractivity contribution in [2.24, 2.45) is 0 Å². The molecule has 0 saturated carbocycles. The maximum Gasteiger partial charge on any atom is 0.252 e. The molecule has 0 atom stereocenters. The number of nitrogens with zero attached hydrogens (tertiary/aromatic N) is 1. The van der Waals surface area contributed by atoms with Crippen LogP contribution in [0, 0.1) is 6.92 Å². The second kappa shape index (κ2) is 5.83. The first-order chi connectivity index (χ1) is 9.38. The highest BCUT2D eigenvalue weighted by Crippen LogP contribution is 2.24. The molecule has 0 aliphatic carbocycles. The lowest BCUT2D eigenvalue weighted by Crippen LogP contribution is -2.44. The summed E-state index contributed by atoms with van der Waals surface area (Å²) in [6.45, 7) is 12.0. The van der Waals surface area contributed by atoms with Crippen molar-refractivity contribution in [2.45, 2.75) is 33.2 Å². The minimum absolute atomic E-state index is 0.00647. The van der Waals surface area contributed by atoms with Crippen molar-refractivity contribution in [2.75, 3.05) is 31.1 Å². The largest absolute Gasteiger partial charge is 0.369 e. The minimum atomic E-state index is -0.214. The first kappa shape index (κ1) is 14.9. The zero-order chi connectivity index (χ0) is 14.8. The Labute approximate surface area is 121 Å². The molecule has 4 nitrogen and oxygen atoms in total. The minimum Gasteiger partial charge on any atom is -0.369 e. The average molecular weight is 275 g/mol. The number of nitrogens with one attached hydrogen (secondary N) is 2. The van der Waals surface area contributed by atoms with Gasteiger partial charge in [0, 0.05) is 43.0 Å².